The third-order valence-electron chi connectivity index (χ3n) is 3.26. The molecule has 2 aromatic rings. The van der Waals surface area contributed by atoms with E-state index in [2.05, 4.69) is 47.1 Å². The van der Waals surface area contributed by atoms with Gasteiger partial charge in [0.2, 0.25) is 0 Å². The Balaban J connectivity index is 2.18. The largest absolute Gasteiger partial charge is 0.324 e. The first-order valence-corrected chi connectivity index (χ1v) is 7.18. The minimum absolute atomic E-state index is 0.257. The zero-order valence-corrected chi connectivity index (χ0v) is 12.5. The maximum atomic E-state index is 13.8. The molecule has 0 aliphatic rings. The molecule has 0 heterocycles. The van der Waals surface area contributed by atoms with Gasteiger partial charge in [0, 0.05) is 16.1 Å². The molecule has 0 aliphatic heterocycles. The molecule has 0 bridgehead atoms. The minimum atomic E-state index is -0.344. The van der Waals surface area contributed by atoms with Crippen molar-refractivity contribution in [2.45, 2.75) is 25.8 Å². The van der Waals surface area contributed by atoms with E-state index >= 15 is 0 Å². The minimum Gasteiger partial charge on any atom is -0.324 e. The van der Waals surface area contributed by atoms with Gasteiger partial charge in [-0.15, -0.1) is 0 Å². The summed E-state index contributed by atoms with van der Waals surface area (Å²) in [7, 11) is 0. The van der Waals surface area contributed by atoms with Gasteiger partial charge in [-0.3, -0.25) is 0 Å². The first kappa shape index (κ1) is 14.2. The van der Waals surface area contributed by atoms with Crippen LogP contribution in [0.3, 0.4) is 0 Å². The summed E-state index contributed by atoms with van der Waals surface area (Å²) in [5.74, 6) is -0.257. The predicted octanol–water partition coefficient (Wildman–Crippen LogP) is 4.39. The number of nitrogens with two attached hydrogens (primary N) is 1. The van der Waals surface area contributed by atoms with Gasteiger partial charge >= 0.3 is 0 Å². The number of benzene rings is 2. The van der Waals surface area contributed by atoms with Crippen molar-refractivity contribution in [3.8, 4) is 0 Å². The lowest BCUT2D eigenvalue weighted by atomic mass is 9.98. The van der Waals surface area contributed by atoms with Gasteiger partial charge in [0.25, 0.3) is 0 Å². The van der Waals surface area contributed by atoms with Gasteiger partial charge < -0.3 is 5.73 Å². The van der Waals surface area contributed by atoms with Crippen LogP contribution in [0.2, 0.25) is 0 Å². The Kier molecular flexibility index (Phi) is 4.72. The summed E-state index contributed by atoms with van der Waals surface area (Å²) in [6.07, 6.45) is 1.65. The summed E-state index contributed by atoms with van der Waals surface area (Å²) >= 11 is 3.36. The molecule has 0 fully saturated rings. The quantitative estimate of drug-likeness (QED) is 0.887. The topological polar surface area (TPSA) is 26.0 Å². The molecule has 0 aromatic heterocycles. The molecule has 1 nitrogen and oxygen atoms in total. The van der Waals surface area contributed by atoms with Gasteiger partial charge in [-0.05, 0) is 36.1 Å². The molecule has 2 aromatic carbocycles. The molecule has 19 heavy (non-hydrogen) atoms. The molecule has 0 saturated heterocycles. The molecular formula is C16H17BrFN. The van der Waals surface area contributed by atoms with Gasteiger partial charge in [-0.2, -0.15) is 0 Å². The van der Waals surface area contributed by atoms with Gasteiger partial charge in [0.1, 0.15) is 5.82 Å². The Morgan fingerprint density at radius 2 is 1.74 bits per heavy atom. The fraction of sp³-hybridized carbons (Fsp3) is 0.250. The summed E-state index contributed by atoms with van der Waals surface area (Å²) in [6.45, 7) is 2.12. The van der Waals surface area contributed by atoms with E-state index in [1.54, 1.807) is 6.07 Å². The Bertz CT molecular complexity index is 531. The number of hydrogen-bond acceptors (Lipinski definition) is 1. The van der Waals surface area contributed by atoms with E-state index in [0.29, 0.717) is 12.0 Å². The van der Waals surface area contributed by atoms with E-state index in [0.717, 1.165) is 16.5 Å². The highest BCUT2D eigenvalue weighted by atomic mass is 79.9. The second-order valence-corrected chi connectivity index (χ2v) is 5.47. The van der Waals surface area contributed by atoms with Crippen molar-refractivity contribution in [3.63, 3.8) is 0 Å². The fourth-order valence-corrected chi connectivity index (χ4v) is 2.77. The molecule has 0 amide bonds. The smallest absolute Gasteiger partial charge is 0.129 e. The Morgan fingerprint density at radius 3 is 2.32 bits per heavy atom. The highest BCUT2D eigenvalue weighted by Crippen LogP contribution is 2.27. The molecule has 1 atom stereocenters. The average molecular weight is 322 g/mol. The summed E-state index contributed by atoms with van der Waals surface area (Å²) in [4.78, 5) is 0. The highest BCUT2D eigenvalue weighted by molar-refractivity contribution is 9.10. The second-order valence-electron chi connectivity index (χ2n) is 4.62. The standard InChI is InChI=1S/C16H17BrFN/c1-2-11-6-8-12(9-7-11)10-15(19)16-13(17)4-3-5-14(16)18/h3-9,15H,2,10,19H2,1H3. The van der Waals surface area contributed by atoms with Crippen LogP contribution in [-0.4, -0.2) is 0 Å². The average Bonchev–Trinajstić information content (AvgIpc) is 2.39. The molecule has 2 rings (SSSR count). The van der Waals surface area contributed by atoms with Crippen LogP contribution in [0.4, 0.5) is 4.39 Å². The lowest BCUT2D eigenvalue weighted by Crippen LogP contribution is -2.15. The van der Waals surface area contributed by atoms with Crippen LogP contribution in [0, 0.1) is 5.82 Å². The van der Waals surface area contributed by atoms with Crippen molar-refractivity contribution in [1.29, 1.82) is 0 Å². The summed E-state index contributed by atoms with van der Waals surface area (Å²) in [5.41, 5.74) is 9.09. The molecule has 2 N–H and O–H groups in total. The van der Waals surface area contributed by atoms with E-state index in [1.807, 2.05) is 6.07 Å². The van der Waals surface area contributed by atoms with Gasteiger partial charge in [-0.25, -0.2) is 4.39 Å². The predicted molar refractivity (Wildman–Crippen MR) is 80.6 cm³/mol. The number of rotatable bonds is 4. The lowest BCUT2D eigenvalue weighted by Gasteiger charge is -2.15. The number of aryl methyl sites for hydroxylation is 1. The molecule has 0 aliphatic carbocycles. The number of halogens is 2. The maximum Gasteiger partial charge on any atom is 0.129 e. The van der Waals surface area contributed by atoms with Crippen molar-refractivity contribution >= 4 is 15.9 Å². The molecule has 100 valence electrons. The van der Waals surface area contributed by atoms with E-state index in [1.165, 1.54) is 11.6 Å². The molecular weight excluding hydrogens is 305 g/mol. The van der Waals surface area contributed by atoms with Crippen LogP contribution in [0.15, 0.2) is 46.9 Å². The van der Waals surface area contributed by atoms with Crippen LogP contribution in [0.25, 0.3) is 0 Å². The summed E-state index contributed by atoms with van der Waals surface area (Å²) in [5, 5.41) is 0. The van der Waals surface area contributed by atoms with Crippen LogP contribution < -0.4 is 5.73 Å². The first-order chi connectivity index (χ1) is 9.11. The van der Waals surface area contributed by atoms with Crippen LogP contribution in [0.1, 0.15) is 29.7 Å². The summed E-state index contributed by atoms with van der Waals surface area (Å²) < 4.78 is 14.5. The molecule has 0 radical (unpaired) electrons. The maximum absolute atomic E-state index is 13.8. The summed E-state index contributed by atoms with van der Waals surface area (Å²) in [6, 6.07) is 12.9. The van der Waals surface area contributed by atoms with Crippen LogP contribution >= 0.6 is 15.9 Å². The molecule has 3 heteroatoms. The van der Waals surface area contributed by atoms with Crippen molar-refractivity contribution in [2.24, 2.45) is 5.73 Å². The lowest BCUT2D eigenvalue weighted by molar-refractivity contribution is 0.578. The van der Waals surface area contributed by atoms with Crippen molar-refractivity contribution in [3.05, 3.63) is 69.4 Å². The SMILES string of the molecule is CCc1ccc(CC(N)c2c(F)cccc2Br)cc1. The normalized spacial score (nSPS) is 12.4. The third kappa shape index (κ3) is 3.43. The van der Waals surface area contributed by atoms with E-state index < -0.39 is 0 Å². The first-order valence-electron chi connectivity index (χ1n) is 6.39. The van der Waals surface area contributed by atoms with Gasteiger partial charge in [-0.1, -0.05) is 53.2 Å². The van der Waals surface area contributed by atoms with E-state index in [9.17, 15) is 4.39 Å². The van der Waals surface area contributed by atoms with Gasteiger partial charge in [0.15, 0.2) is 0 Å². The second kappa shape index (κ2) is 6.31. The van der Waals surface area contributed by atoms with Gasteiger partial charge in [0.05, 0.1) is 0 Å². The van der Waals surface area contributed by atoms with Crippen molar-refractivity contribution in [1.82, 2.24) is 0 Å². The Hall–Kier alpha value is -1.19. The zero-order valence-electron chi connectivity index (χ0n) is 10.9. The van der Waals surface area contributed by atoms with Crippen LogP contribution in [0.5, 0.6) is 0 Å². The number of hydrogen-bond donors (Lipinski definition) is 1. The third-order valence-corrected chi connectivity index (χ3v) is 3.95. The molecule has 1 unspecified atom stereocenters. The van der Waals surface area contributed by atoms with Crippen molar-refractivity contribution < 1.29 is 4.39 Å². The monoisotopic (exact) mass is 321 g/mol. The van der Waals surface area contributed by atoms with Crippen LogP contribution in [-0.2, 0) is 12.8 Å². The Labute approximate surface area is 121 Å². The zero-order chi connectivity index (χ0) is 13.8. The van der Waals surface area contributed by atoms with Crippen molar-refractivity contribution in [2.75, 3.05) is 0 Å². The van der Waals surface area contributed by atoms with E-state index in [-0.39, 0.29) is 11.9 Å². The Morgan fingerprint density at radius 1 is 1.11 bits per heavy atom. The molecule has 0 saturated carbocycles. The molecule has 0 spiro atoms. The van der Waals surface area contributed by atoms with E-state index in [4.69, 9.17) is 5.73 Å². The highest BCUT2D eigenvalue weighted by Gasteiger charge is 2.15. The fourth-order valence-electron chi connectivity index (χ4n) is 2.13.